The van der Waals surface area contributed by atoms with Crippen molar-refractivity contribution in [1.82, 2.24) is 19.3 Å². The Labute approximate surface area is 184 Å². The summed E-state index contributed by atoms with van der Waals surface area (Å²) < 4.78 is 8.18. The number of rotatable bonds is 5. The zero-order chi connectivity index (χ0) is 22.2. The van der Waals surface area contributed by atoms with Crippen molar-refractivity contribution < 1.29 is 9.53 Å². The zero-order valence-electron chi connectivity index (χ0n) is 17.8. The van der Waals surface area contributed by atoms with Crippen LogP contribution in [0.3, 0.4) is 0 Å². The van der Waals surface area contributed by atoms with E-state index in [1.807, 2.05) is 60.2 Å². The molecule has 2 aromatic carbocycles. The van der Waals surface area contributed by atoms with Crippen molar-refractivity contribution in [1.29, 1.82) is 0 Å². The number of benzene rings is 2. The highest BCUT2D eigenvalue weighted by molar-refractivity contribution is 5.96. The lowest BCUT2D eigenvalue weighted by Gasteiger charge is -2.11. The van der Waals surface area contributed by atoms with Crippen LogP contribution < -0.4 is 5.56 Å². The molecule has 0 radical (unpaired) electrons. The molecule has 0 saturated carbocycles. The Bertz CT molecular complexity index is 1470. The van der Waals surface area contributed by atoms with E-state index in [2.05, 4.69) is 16.1 Å². The quantitative estimate of drug-likeness (QED) is 0.431. The highest BCUT2D eigenvalue weighted by Gasteiger charge is 2.25. The van der Waals surface area contributed by atoms with Crippen molar-refractivity contribution >= 4 is 16.9 Å². The topological polar surface area (TPSA) is 81.9 Å². The van der Waals surface area contributed by atoms with Crippen LogP contribution in [0.25, 0.3) is 27.8 Å². The SMILES string of the molecule is COC(=O)c1cn(CCc2c[nH]c3ccccc23)cc2c(=O)n(-c3cccc(C)c3)nc1-2. The summed E-state index contributed by atoms with van der Waals surface area (Å²) in [4.78, 5) is 29.0. The maximum absolute atomic E-state index is 13.2. The van der Waals surface area contributed by atoms with Crippen molar-refractivity contribution in [3.8, 4) is 16.9 Å². The Balaban J connectivity index is 1.58. The van der Waals surface area contributed by atoms with Gasteiger partial charge in [0.15, 0.2) is 0 Å². The molecular weight excluding hydrogens is 404 g/mol. The lowest BCUT2D eigenvalue weighted by molar-refractivity contribution is 0.0600. The molecule has 1 N–H and O–H groups in total. The molecule has 0 spiro atoms. The second-order valence-electron chi connectivity index (χ2n) is 7.83. The summed E-state index contributed by atoms with van der Waals surface area (Å²) in [6.45, 7) is 2.55. The number of esters is 1. The standard InChI is InChI=1S/C25H22N4O3/c1-16-6-5-7-18(12-16)29-24(30)20-14-28(15-21(23(20)27-29)25(31)32-2)11-10-17-13-26-22-9-4-3-8-19(17)22/h3-9,12-15,26H,10-11H2,1-2H3. The molecule has 0 amide bonds. The average Bonchev–Trinajstić information content (AvgIpc) is 3.38. The zero-order valence-corrected chi connectivity index (χ0v) is 17.8. The largest absolute Gasteiger partial charge is 0.465 e. The number of ether oxygens (including phenoxy) is 1. The van der Waals surface area contributed by atoms with Crippen LogP contribution >= 0.6 is 0 Å². The number of nitrogens with zero attached hydrogens (tertiary/aromatic N) is 3. The van der Waals surface area contributed by atoms with E-state index in [1.54, 1.807) is 12.4 Å². The Hall–Kier alpha value is -4.13. The fraction of sp³-hybridized carbons (Fsp3) is 0.160. The molecule has 7 heteroatoms. The predicted octanol–water partition coefficient (Wildman–Crippen LogP) is 3.96. The molecule has 0 bridgehead atoms. The molecular formula is C25H22N4O3. The summed E-state index contributed by atoms with van der Waals surface area (Å²) in [6, 6.07) is 15.7. The number of pyridine rings is 1. The molecule has 7 nitrogen and oxygen atoms in total. The number of methoxy groups -OCH3 is 1. The number of carbonyl (C=O) groups is 1. The van der Waals surface area contributed by atoms with Crippen LogP contribution in [0.15, 0.2) is 71.9 Å². The molecule has 0 atom stereocenters. The number of H-pyrrole nitrogens is 1. The van der Waals surface area contributed by atoms with Crippen LogP contribution in [0.4, 0.5) is 0 Å². The van der Waals surface area contributed by atoms with E-state index >= 15 is 0 Å². The van der Waals surface area contributed by atoms with Crippen LogP contribution in [-0.4, -0.2) is 32.4 Å². The molecule has 160 valence electrons. The van der Waals surface area contributed by atoms with Gasteiger partial charge >= 0.3 is 5.97 Å². The van der Waals surface area contributed by atoms with Crippen LogP contribution in [0.1, 0.15) is 21.5 Å². The van der Waals surface area contributed by atoms with Gasteiger partial charge in [0.05, 0.1) is 18.4 Å². The first kappa shape index (κ1) is 19.8. The van der Waals surface area contributed by atoms with E-state index in [-0.39, 0.29) is 11.1 Å². The maximum Gasteiger partial charge on any atom is 0.341 e. The van der Waals surface area contributed by atoms with E-state index in [9.17, 15) is 9.59 Å². The number of aromatic amines is 1. The van der Waals surface area contributed by atoms with Gasteiger partial charge in [0.2, 0.25) is 0 Å². The van der Waals surface area contributed by atoms with Crippen molar-refractivity contribution in [3.05, 3.63) is 94.2 Å². The van der Waals surface area contributed by atoms with Gasteiger partial charge in [-0.25, -0.2) is 4.79 Å². The van der Waals surface area contributed by atoms with Gasteiger partial charge in [0.1, 0.15) is 11.3 Å². The van der Waals surface area contributed by atoms with Gasteiger partial charge in [-0.3, -0.25) is 4.79 Å². The van der Waals surface area contributed by atoms with Crippen LogP contribution in [-0.2, 0) is 17.7 Å². The first-order valence-electron chi connectivity index (χ1n) is 10.4. The Morgan fingerprint density at radius 2 is 1.97 bits per heavy atom. The number of fused-ring (bicyclic) bond motifs is 2. The highest BCUT2D eigenvalue weighted by Crippen LogP contribution is 2.24. The third-order valence-corrected chi connectivity index (χ3v) is 5.69. The van der Waals surface area contributed by atoms with E-state index in [1.165, 1.54) is 22.7 Å². The number of aromatic nitrogens is 4. The minimum Gasteiger partial charge on any atom is -0.465 e. The van der Waals surface area contributed by atoms with E-state index in [0.717, 1.165) is 17.5 Å². The number of nitrogens with one attached hydrogen (secondary N) is 1. The van der Waals surface area contributed by atoms with Crippen molar-refractivity contribution in [2.24, 2.45) is 0 Å². The third-order valence-electron chi connectivity index (χ3n) is 5.69. The number of aryl methyl sites for hydroxylation is 3. The fourth-order valence-corrected chi connectivity index (χ4v) is 4.07. The summed E-state index contributed by atoms with van der Waals surface area (Å²) >= 11 is 0. The number of carbonyl (C=O) groups excluding carboxylic acids is 1. The molecule has 0 unspecified atom stereocenters. The Morgan fingerprint density at radius 3 is 2.78 bits per heavy atom. The molecule has 32 heavy (non-hydrogen) atoms. The van der Waals surface area contributed by atoms with Crippen molar-refractivity contribution in [3.63, 3.8) is 0 Å². The maximum atomic E-state index is 13.2. The predicted molar refractivity (Wildman–Crippen MR) is 123 cm³/mol. The summed E-state index contributed by atoms with van der Waals surface area (Å²) in [5, 5.41) is 5.64. The van der Waals surface area contributed by atoms with E-state index in [4.69, 9.17) is 4.74 Å². The normalized spacial score (nSPS) is 11.3. The first-order chi connectivity index (χ1) is 15.5. The number of hydrogen-bond donors (Lipinski definition) is 1. The van der Waals surface area contributed by atoms with Gasteiger partial charge in [0.25, 0.3) is 5.56 Å². The molecule has 2 aliphatic heterocycles. The monoisotopic (exact) mass is 426 g/mol. The summed E-state index contributed by atoms with van der Waals surface area (Å²) in [7, 11) is 1.33. The molecule has 5 rings (SSSR count). The lowest BCUT2D eigenvalue weighted by Crippen LogP contribution is -2.16. The Morgan fingerprint density at radius 1 is 1.12 bits per heavy atom. The smallest absolute Gasteiger partial charge is 0.341 e. The second kappa shape index (κ2) is 7.85. The first-order valence-corrected chi connectivity index (χ1v) is 10.4. The molecule has 3 heterocycles. The fourth-order valence-electron chi connectivity index (χ4n) is 4.07. The molecule has 0 fully saturated rings. The molecule has 0 aliphatic carbocycles. The lowest BCUT2D eigenvalue weighted by atomic mass is 10.1. The van der Waals surface area contributed by atoms with E-state index < -0.39 is 5.97 Å². The minimum atomic E-state index is -0.523. The van der Waals surface area contributed by atoms with Gasteiger partial charge in [0, 0.05) is 36.0 Å². The van der Waals surface area contributed by atoms with Gasteiger partial charge in [-0.15, -0.1) is 0 Å². The highest BCUT2D eigenvalue weighted by atomic mass is 16.5. The van der Waals surface area contributed by atoms with E-state index in [0.29, 0.717) is 23.5 Å². The van der Waals surface area contributed by atoms with Crippen LogP contribution in [0.5, 0.6) is 0 Å². The second-order valence-corrected chi connectivity index (χ2v) is 7.83. The summed E-state index contributed by atoms with van der Waals surface area (Å²) in [5.41, 5.74) is 4.66. The van der Waals surface area contributed by atoms with Gasteiger partial charge < -0.3 is 14.3 Å². The molecule has 3 aromatic rings. The van der Waals surface area contributed by atoms with Crippen molar-refractivity contribution in [2.75, 3.05) is 7.11 Å². The minimum absolute atomic E-state index is 0.266. The average molecular weight is 426 g/mol. The molecule has 1 aromatic heterocycles. The molecule has 0 saturated heterocycles. The van der Waals surface area contributed by atoms with Gasteiger partial charge in [-0.05, 0) is 42.7 Å². The Kier molecular flexibility index (Phi) is 4.86. The van der Waals surface area contributed by atoms with Gasteiger partial charge in [-0.2, -0.15) is 9.78 Å². The number of hydrogen-bond acceptors (Lipinski definition) is 4. The molecule has 2 aliphatic rings. The van der Waals surface area contributed by atoms with Crippen LogP contribution in [0.2, 0.25) is 0 Å². The van der Waals surface area contributed by atoms with Gasteiger partial charge in [-0.1, -0.05) is 30.3 Å². The van der Waals surface area contributed by atoms with Crippen LogP contribution in [0, 0.1) is 6.92 Å². The summed E-state index contributed by atoms with van der Waals surface area (Å²) in [5.74, 6) is -0.523. The number of para-hydroxylation sites is 1. The van der Waals surface area contributed by atoms with Crippen molar-refractivity contribution in [2.45, 2.75) is 19.9 Å². The summed E-state index contributed by atoms with van der Waals surface area (Å²) in [6.07, 6.45) is 6.20. The third kappa shape index (κ3) is 3.37.